The second-order valence-corrected chi connectivity index (χ2v) is 3.18. The lowest BCUT2D eigenvalue weighted by Gasteiger charge is -2.05. The molecule has 0 saturated heterocycles. The van der Waals surface area contributed by atoms with Gasteiger partial charge in [-0.05, 0) is 38.5 Å². The molecule has 0 aromatic carbocycles. The van der Waals surface area contributed by atoms with Gasteiger partial charge in [-0.1, -0.05) is 32.4 Å². The molecule has 0 fully saturated rings. The highest BCUT2D eigenvalue weighted by Gasteiger charge is 1.96. The Bertz CT molecular complexity index is 92.2. The van der Waals surface area contributed by atoms with Gasteiger partial charge in [-0.3, -0.25) is 0 Å². The Kier molecular flexibility index (Phi) is 7.66. The molecular formula is C11H21. The number of hydrogen-bond acceptors (Lipinski definition) is 0. The van der Waals surface area contributed by atoms with Gasteiger partial charge in [0, 0.05) is 0 Å². The third-order valence-electron chi connectivity index (χ3n) is 2.04. The maximum absolute atomic E-state index is 2.41. The Morgan fingerprint density at radius 2 is 2.00 bits per heavy atom. The van der Waals surface area contributed by atoms with Crippen LogP contribution >= 0.6 is 0 Å². The van der Waals surface area contributed by atoms with Crippen LogP contribution in [0.5, 0.6) is 0 Å². The van der Waals surface area contributed by atoms with Crippen LogP contribution in [-0.2, 0) is 0 Å². The van der Waals surface area contributed by atoms with E-state index in [4.69, 9.17) is 0 Å². The van der Waals surface area contributed by atoms with Gasteiger partial charge in [0.15, 0.2) is 0 Å². The fraction of sp³-hybridized carbons (Fsp3) is 0.727. The Morgan fingerprint density at radius 3 is 2.55 bits per heavy atom. The van der Waals surface area contributed by atoms with Crippen molar-refractivity contribution >= 4 is 0 Å². The molecule has 0 nitrogen and oxygen atoms in total. The van der Waals surface area contributed by atoms with Gasteiger partial charge in [-0.15, -0.1) is 0 Å². The van der Waals surface area contributed by atoms with Crippen molar-refractivity contribution in [1.82, 2.24) is 0 Å². The van der Waals surface area contributed by atoms with Crippen LogP contribution in [0, 0.1) is 12.3 Å². The van der Waals surface area contributed by atoms with Crippen molar-refractivity contribution in [2.75, 3.05) is 0 Å². The molecule has 0 N–H and O–H groups in total. The van der Waals surface area contributed by atoms with E-state index in [1.807, 2.05) is 0 Å². The van der Waals surface area contributed by atoms with Crippen LogP contribution in [0.3, 0.4) is 0 Å². The number of rotatable bonds is 6. The topological polar surface area (TPSA) is 0 Å². The van der Waals surface area contributed by atoms with E-state index in [1.165, 1.54) is 25.7 Å². The SMILES string of the molecule is C/C=C\CC[CH]CC(C)CC. The number of allylic oxidation sites excluding steroid dienone is 2. The predicted molar refractivity (Wildman–Crippen MR) is 52.4 cm³/mol. The van der Waals surface area contributed by atoms with Crippen LogP contribution in [0.4, 0.5) is 0 Å². The first-order valence-electron chi connectivity index (χ1n) is 4.74. The Hall–Kier alpha value is -0.260. The van der Waals surface area contributed by atoms with E-state index < -0.39 is 0 Å². The summed E-state index contributed by atoms with van der Waals surface area (Å²) in [5, 5.41) is 0. The molecular weight excluding hydrogens is 132 g/mol. The highest BCUT2D eigenvalue weighted by atomic mass is 14.0. The zero-order valence-electron chi connectivity index (χ0n) is 8.14. The molecule has 0 aliphatic rings. The predicted octanol–water partition coefficient (Wildman–Crippen LogP) is 3.98. The summed E-state index contributed by atoms with van der Waals surface area (Å²) in [6.45, 7) is 6.64. The molecule has 1 radical (unpaired) electrons. The summed E-state index contributed by atoms with van der Waals surface area (Å²) in [6.07, 6.45) is 11.8. The van der Waals surface area contributed by atoms with Crippen LogP contribution in [0.25, 0.3) is 0 Å². The molecule has 0 aliphatic carbocycles. The highest BCUT2D eigenvalue weighted by molar-refractivity contribution is 4.80. The lowest BCUT2D eigenvalue weighted by Crippen LogP contribution is -1.91. The largest absolute Gasteiger partial charge is 0.0917 e. The lowest BCUT2D eigenvalue weighted by atomic mass is 10.0. The van der Waals surface area contributed by atoms with Gasteiger partial charge >= 0.3 is 0 Å². The van der Waals surface area contributed by atoms with Gasteiger partial charge in [0.2, 0.25) is 0 Å². The molecule has 0 amide bonds. The standard InChI is InChI=1S/C11H21/c1-4-6-7-8-9-10-11(3)5-2/h4,6,9,11H,5,7-8,10H2,1-3H3/b6-4-. The maximum Gasteiger partial charge on any atom is -0.0348 e. The lowest BCUT2D eigenvalue weighted by molar-refractivity contribution is 0.544. The summed E-state index contributed by atoms with van der Waals surface area (Å²) in [7, 11) is 0. The minimum Gasteiger partial charge on any atom is -0.0917 e. The van der Waals surface area contributed by atoms with Crippen LogP contribution in [0.2, 0.25) is 0 Å². The summed E-state index contributed by atoms with van der Waals surface area (Å²) in [5.74, 6) is 0.876. The third-order valence-corrected chi connectivity index (χ3v) is 2.04. The molecule has 0 aromatic heterocycles. The molecule has 0 saturated carbocycles. The highest BCUT2D eigenvalue weighted by Crippen LogP contribution is 2.11. The van der Waals surface area contributed by atoms with E-state index in [0.29, 0.717) is 0 Å². The van der Waals surface area contributed by atoms with Gasteiger partial charge < -0.3 is 0 Å². The smallest absolute Gasteiger partial charge is 0.0348 e. The first-order valence-corrected chi connectivity index (χ1v) is 4.74. The molecule has 0 heterocycles. The van der Waals surface area contributed by atoms with Crippen LogP contribution in [0.1, 0.15) is 46.5 Å². The van der Waals surface area contributed by atoms with Crippen molar-refractivity contribution in [3.63, 3.8) is 0 Å². The Balaban J connectivity index is 3.01. The molecule has 0 rings (SSSR count). The molecule has 0 spiro atoms. The van der Waals surface area contributed by atoms with E-state index in [2.05, 4.69) is 39.3 Å². The van der Waals surface area contributed by atoms with Crippen LogP contribution in [0.15, 0.2) is 12.2 Å². The normalized spacial score (nSPS) is 14.1. The van der Waals surface area contributed by atoms with E-state index in [1.54, 1.807) is 0 Å². The molecule has 0 aromatic rings. The average molecular weight is 153 g/mol. The van der Waals surface area contributed by atoms with Crippen LogP contribution in [-0.4, -0.2) is 0 Å². The van der Waals surface area contributed by atoms with Gasteiger partial charge in [-0.25, -0.2) is 0 Å². The first kappa shape index (κ1) is 10.7. The summed E-state index contributed by atoms with van der Waals surface area (Å²) in [5.41, 5.74) is 0. The second-order valence-electron chi connectivity index (χ2n) is 3.18. The fourth-order valence-electron chi connectivity index (χ4n) is 0.950. The first-order chi connectivity index (χ1) is 5.31. The van der Waals surface area contributed by atoms with E-state index >= 15 is 0 Å². The van der Waals surface area contributed by atoms with Crippen molar-refractivity contribution in [1.29, 1.82) is 0 Å². The van der Waals surface area contributed by atoms with Crippen molar-refractivity contribution in [3.05, 3.63) is 18.6 Å². The minimum atomic E-state index is 0.876. The quantitative estimate of drug-likeness (QED) is 0.400. The Morgan fingerprint density at radius 1 is 1.27 bits per heavy atom. The van der Waals surface area contributed by atoms with Gasteiger partial charge in [0.1, 0.15) is 0 Å². The Labute approximate surface area is 71.7 Å². The van der Waals surface area contributed by atoms with E-state index in [-0.39, 0.29) is 0 Å². The van der Waals surface area contributed by atoms with Crippen molar-refractivity contribution in [2.45, 2.75) is 46.5 Å². The second kappa shape index (κ2) is 7.84. The zero-order chi connectivity index (χ0) is 8.53. The maximum atomic E-state index is 2.41. The molecule has 0 aliphatic heterocycles. The number of unbranched alkanes of at least 4 members (excludes halogenated alkanes) is 2. The summed E-state index contributed by atoms with van der Waals surface area (Å²) in [4.78, 5) is 0. The van der Waals surface area contributed by atoms with Crippen molar-refractivity contribution in [3.8, 4) is 0 Å². The van der Waals surface area contributed by atoms with E-state index in [0.717, 1.165) is 5.92 Å². The molecule has 65 valence electrons. The van der Waals surface area contributed by atoms with Gasteiger partial charge in [0.25, 0.3) is 0 Å². The molecule has 11 heavy (non-hydrogen) atoms. The average Bonchev–Trinajstić information content (AvgIpc) is 2.04. The zero-order valence-corrected chi connectivity index (χ0v) is 8.14. The van der Waals surface area contributed by atoms with Crippen molar-refractivity contribution in [2.24, 2.45) is 5.92 Å². The minimum absolute atomic E-state index is 0.876. The van der Waals surface area contributed by atoms with Crippen LogP contribution < -0.4 is 0 Å². The van der Waals surface area contributed by atoms with Gasteiger partial charge in [0.05, 0.1) is 0 Å². The molecule has 1 atom stereocenters. The van der Waals surface area contributed by atoms with Gasteiger partial charge in [-0.2, -0.15) is 0 Å². The summed E-state index contributed by atoms with van der Waals surface area (Å²) in [6, 6.07) is 0. The summed E-state index contributed by atoms with van der Waals surface area (Å²) < 4.78 is 0. The molecule has 0 heteroatoms. The molecule has 1 unspecified atom stereocenters. The van der Waals surface area contributed by atoms with E-state index in [9.17, 15) is 0 Å². The fourth-order valence-corrected chi connectivity index (χ4v) is 0.950. The van der Waals surface area contributed by atoms with Crippen molar-refractivity contribution < 1.29 is 0 Å². The monoisotopic (exact) mass is 153 g/mol. The summed E-state index contributed by atoms with van der Waals surface area (Å²) >= 11 is 0. The molecule has 0 bridgehead atoms. The third kappa shape index (κ3) is 7.64. The number of hydrogen-bond donors (Lipinski definition) is 0.